The summed E-state index contributed by atoms with van der Waals surface area (Å²) in [6.07, 6.45) is 0. The highest BCUT2D eigenvalue weighted by molar-refractivity contribution is 6.55. The second kappa shape index (κ2) is 6.52. The molecule has 0 saturated carbocycles. The van der Waals surface area contributed by atoms with E-state index in [1.54, 1.807) is 0 Å². The van der Waals surface area contributed by atoms with Crippen LogP contribution in [0.25, 0.3) is 0 Å². The molecule has 7 nitrogen and oxygen atoms in total. The highest BCUT2D eigenvalue weighted by atomic mass is 35.5. The lowest BCUT2D eigenvalue weighted by Gasteiger charge is -2.13. The fourth-order valence-corrected chi connectivity index (χ4v) is 2.92. The summed E-state index contributed by atoms with van der Waals surface area (Å²) >= 11 is 23.5. The Balaban J connectivity index is 2.35. The van der Waals surface area contributed by atoms with Gasteiger partial charge in [0, 0.05) is 0 Å². The summed E-state index contributed by atoms with van der Waals surface area (Å²) < 4.78 is 0. The molecule has 23 heavy (non-hydrogen) atoms. The number of benzene rings is 1. The molecule has 0 spiro atoms. The summed E-state index contributed by atoms with van der Waals surface area (Å²) in [5.41, 5.74) is -0.521. The lowest BCUT2D eigenvalue weighted by atomic mass is 10.1. The summed E-state index contributed by atoms with van der Waals surface area (Å²) in [6.45, 7) is -1.48. The van der Waals surface area contributed by atoms with Crippen molar-refractivity contribution in [2.45, 2.75) is 0 Å². The summed E-state index contributed by atoms with van der Waals surface area (Å²) in [6, 6.07) is 0. The second-order valence-corrected chi connectivity index (χ2v) is 5.86. The minimum absolute atomic E-state index is 0.193. The molecule has 2 rings (SSSR count). The fraction of sp³-hybridized carbons (Fsp3) is 0.167. The van der Waals surface area contributed by atoms with Crippen LogP contribution in [0.1, 0.15) is 20.7 Å². The first-order valence-electron chi connectivity index (χ1n) is 5.85. The Kier molecular flexibility index (Phi) is 5.05. The number of nitrogens with one attached hydrogen (secondary N) is 1. The van der Waals surface area contributed by atoms with Crippen LogP contribution >= 0.6 is 46.4 Å². The summed E-state index contributed by atoms with van der Waals surface area (Å²) in [5.74, 6) is -4.18. The van der Waals surface area contributed by atoms with Gasteiger partial charge in [0.05, 0.1) is 43.7 Å². The molecule has 0 fully saturated rings. The van der Waals surface area contributed by atoms with Crippen molar-refractivity contribution in [1.82, 2.24) is 10.2 Å². The van der Waals surface area contributed by atoms with Crippen molar-refractivity contribution < 1.29 is 24.3 Å². The highest BCUT2D eigenvalue weighted by Crippen LogP contribution is 2.44. The van der Waals surface area contributed by atoms with E-state index in [1.807, 2.05) is 5.32 Å². The van der Waals surface area contributed by atoms with E-state index in [4.69, 9.17) is 46.4 Å². The molecular formula is C12H5Cl4N2O5-. The Hall–Kier alpha value is -1.54. The zero-order valence-corrected chi connectivity index (χ0v) is 13.9. The zero-order valence-electron chi connectivity index (χ0n) is 10.9. The van der Waals surface area contributed by atoms with E-state index in [0.29, 0.717) is 4.90 Å². The number of hydrogen-bond acceptors (Lipinski definition) is 5. The van der Waals surface area contributed by atoms with E-state index in [1.165, 1.54) is 0 Å². The first-order valence-corrected chi connectivity index (χ1v) is 7.36. The largest absolute Gasteiger partial charge is 0.548 e. The average molecular weight is 399 g/mol. The molecule has 1 N–H and O–H groups in total. The maximum atomic E-state index is 12.3. The molecule has 11 heteroatoms. The van der Waals surface area contributed by atoms with Crippen molar-refractivity contribution in [2.24, 2.45) is 0 Å². The molecule has 3 amide bonds. The van der Waals surface area contributed by atoms with E-state index in [2.05, 4.69) is 0 Å². The Morgan fingerprint density at radius 2 is 1.35 bits per heavy atom. The SMILES string of the molecule is O=C([O-])CNC(=O)CN1C(=O)c2c(Cl)c(Cl)c(Cl)c(Cl)c2C1=O. The van der Waals surface area contributed by atoms with Crippen LogP contribution in [0.2, 0.25) is 20.1 Å². The third-order valence-electron chi connectivity index (χ3n) is 2.92. The molecule has 0 bridgehead atoms. The number of hydrogen-bond donors (Lipinski definition) is 1. The number of nitrogens with zero attached hydrogens (tertiary/aromatic N) is 1. The van der Waals surface area contributed by atoms with Crippen LogP contribution in [0.15, 0.2) is 0 Å². The Labute approximate surface area is 149 Å². The average Bonchev–Trinajstić information content (AvgIpc) is 2.73. The van der Waals surface area contributed by atoms with Gasteiger partial charge in [0.1, 0.15) is 6.54 Å². The first-order chi connectivity index (χ1) is 10.7. The van der Waals surface area contributed by atoms with Crippen molar-refractivity contribution in [2.75, 3.05) is 13.1 Å². The van der Waals surface area contributed by atoms with Crippen molar-refractivity contribution in [3.8, 4) is 0 Å². The number of amides is 3. The number of carboxylic acid groups (broad SMARTS) is 1. The minimum atomic E-state index is -1.52. The van der Waals surface area contributed by atoms with E-state index < -0.39 is 36.8 Å². The molecule has 0 atom stereocenters. The summed E-state index contributed by atoms with van der Waals surface area (Å²) in [5, 5.41) is 11.3. The lowest BCUT2D eigenvalue weighted by molar-refractivity contribution is -0.304. The molecule has 0 saturated heterocycles. The first kappa shape index (κ1) is 17.8. The van der Waals surface area contributed by atoms with Crippen LogP contribution in [0, 0.1) is 0 Å². The van der Waals surface area contributed by atoms with E-state index in [-0.39, 0.29) is 31.2 Å². The highest BCUT2D eigenvalue weighted by Gasteiger charge is 2.42. The maximum absolute atomic E-state index is 12.3. The zero-order chi connectivity index (χ0) is 17.5. The molecule has 122 valence electrons. The predicted octanol–water partition coefficient (Wildman–Crippen LogP) is 0.762. The Bertz CT molecular complexity index is 718. The van der Waals surface area contributed by atoms with Crippen molar-refractivity contribution in [3.63, 3.8) is 0 Å². The number of carbonyl (C=O) groups excluding carboxylic acids is 4. The molecule has 1 aromatic rings. The smallest absolute Gasteiger partial charge is 0.263 e. The molecule has 1 aromatic carbocycles. The fourth-order valence-electron chi connectivity index (χ4n) is 1.91. The van der Waals surface area contributed by atoms with Gasteiger partial charge in [0.25, 0.3) is 11.8 Å². The van der Waals surface area contributed by atoms with Gasteiger partial charge in [-0.2, -0.15) is 0 Å². The number of aliphatic carboxylic acids is 1. The van der Waals surface area contributed by atoms with Crippen LogP contribution in [0.5, 0.6) is 0 Å². The molecular weight excluding hydrogens is 394 g/mol. The lowest BCUT2D eigenvalue weighted by Crippen LogP contribution is -2.44. The van der Waals surface area contributed by atoms with Gasteiger partial charge in [-0.1, -0.05) is 46.4 Å². The van der Waals surface area contributed by atoms with Crippen molar-refractivity contribution in [3.05, 3.63) is 31.2 Å². The number of halogens is 4. The number of fused-ring (bicyclic) bond motifs is 1. The second-order valence-electron chi connectivity index (χ2n) is 4.35. The van der Waals surface area contributed by atoms with Crippen molar-refractivity contribution >= 4 is 70.1 Å². The third kappa shape index (κ3) is 3.10. The van der Waals surface area contributed by atoms with E-state index in [9.17, 15) is 24.3 Å². The quantitative estimate of drug-likeness (QED) is 0.457. The van der Waals surface area contributed by atoms with Crippen LogP contribution in [0.3, 0.4) is 0 Å². The van der Waals surface area contributed by atoms with Gasteiger partial charge in [0.2, 0.25) is 5.91 Å². The molecule has 1 aliphatic heterocycles. The number of carbonyl (C=O) groups is 4. The molecule has 0 unspecified atom stereocenters. The normalized spacial score (nSPS) is 13.3. The number of imide groups is 1. The van der Waals surface area contributed by atoms with Gasteiger partial charge in [-0.25, -0.2) is 0 Å². The van der Waals surface area contributed by atoms with Gasteiger partial charge in [-0.3, -0.25) is 19.3 Å². The molecule has 0 aliphatic carbocycles. The van der Waals surface area contributed by atoms with Gasteiger partial charge in [-0.05, 0) is 0 Å². The summed E-state index contributed by atoms with van der Waals surface area (Å²) in [7, 11) is 0. The molecule has 0 radical (unpaired) electrons. The maximum Gasteiger partial charge on any atom is 0.263 e. The topological polar surface area (TPSA) is 107 Å². The minimum Gasteiger partial charge on any atom is -0.548 e. The van der Waals surface area contributed by atoms with Gasteiger partial charge >= 0.3 is 0 Å². The predicted molar refractivity (Wildman–Crippen MR) is 79.9 cm³/mol. The monoisotopic (exact) mass is 397 g/mol. The summed E-state index contributed by atoms with van der Waals surface area (Å²) in [4.78, 5) is 47.0. The Morgan fingerprint density at radius 3 is 1.74 bits per heavy atom. The molecule has 0 aromatic heterocycles. The van der Waals surface area contributed by atoms with E-state index in [0.717, 1.165) is 0 Å². The van der Waals surface area contributed by atoms with Crippen LogP contribution in [-0.2, 0) is 9.59 Å². The molecule has 1 heterocycles. The molecule has 1 aliphatic rings. The third-order valence-corrected chi connectivity index (χ3v) is 4.72. The van der Waals surface area contributed by atoms with Gasteiger partial charge < -0.3 is 15.2 Å². The number of rotatable bonds is 4. The number of carboxylic acids is 1. The van der Waals surface area contributed by atoms with Crippen molar-refractivity contribution in [1.29, 1.82) is 0 Å². The standard InChI is InChI=1S/C12H6Cl4N2O5/c13-7-5-6(8(14)10(16)9(7)15)12(23)18(11(5)22)2-3(19)17-1-4(20)21/h1-2H2,(H,17,19)(H,20,21)/p-1. The van der Waals surface area contributed by atoms with Gasteiger partial charge in [-0.15, -0.1) is 0 Å². The van der Waals surface area contributed by atoms with Gasteiger partial charge in [0.15, 0.2) is 0 Å². The van der Waals surface area contributed by atoms with E-state index >= 15 is 0 Å². The van der Waals surface area contributed by atoms with Crippen LogP contribution in [0.4, 0.5) is 0 Å². The van der Waals surface area contributed by atoms with Crippen LogP contribution in [-0.4, -0.2) is 41.7 Å². The Morgan fingerprint density at radius 1 is 0.913 bits per heavy atom. The van der Waals surface area contributed by atoms with Crippen LogP contribution < -0.4 is 10.4 Å².